The second-order valence-corrected chi connectivity index (χ2v) is 8.71. The van der Waals surface area contributed by atoms with Gasteiger partial charge in [-0.25, -0.2) is 0 Å². The molecule has 2 N–H and O–H groups in total. The highest BCUT2D eigenvalue weighted by molar-refractivity contribution is 6.35. The van der Waals surface area contributed by atoms with Crippen molar-refractivity contribution in [3.63, 3.8) is 0 Å². The van der Waals surface area contributed by atoms with E-state index in [9.17, 15) is 4.79 Å². The van der Waals surface area contributed by atoms with Crippen LogP contribution < -0.4 is 5.32 Å². The predicted octanol–water partition coefficient (Wildman–Crippen LogP) is 7.01. The molecule has 31 heavy (non-hydrogen) atoms. The van der Waals surface area contributed by atoms with E-state index in [4.69, 9.17) is 34.8 Å². The molecule has 1 amide bonds. The molecule has 0 aliphatic carbocycles. The molecule has 0 fully saturated rings. The van der Waals surface area contributed by atoms with Crippen molar-refractivity contribution < 1.29 is 4.79 Å². The number of hydrogen-bond acceptors (Lipinski definition) is 1. The van der Waals surface area contributed by atoms with Gasteiger partial charge in [-0.15, -0.1) is 0 Å². The van der Waals surface area contributed by atoms with E-state index in [1.807, 2.05) is 54.7 Å². The molecule has 1 heterocycles. The number of para-hydroxylation sites is 1. The van der Waals surface area contributed by atoms with Crippen molar-refractivity contribution in [1.29, 1.82) is 0 Å². The summed E-state index contributed by atoms with van der Waals surface area (Å²) >= 11 is 18.3. The molecule has 1 aromatic heterocycles. The Morgan fingerprint density at radius 1 is 0.935 bits per heavy atom. The third kappa shape index (κ3) is 5.24. The van der Waals surface area contributed by atoms with Crippen LogP contribution >= 0.6 is 34.8 Å². The highest BCUT2D eigenvalue weighted by Gasteiger charge is 2.21. The summed E-state index contributed by atoms with van der Waals surface area (Å²) in [7, 11) is 0. The number of carbonyl (C=O) groups excluding carboxylic acids is 1. The first-order valence-corrected chi connectivity index (χ1v) is 11.2. The number of nitrogens with one attached hydrogen (secondary N) is 2. The van der Waals surface area contributed by atoms with Crippen molar-refractivity contribution in [2.24, 2.45) is 0 Å². The summed E-state index contributed by atoms with van der Waals surface area (Å²) in [4.78, 5) is 16.2. The fourth-order valence-electron chi connectivity index (χ4n) is 3.80. The molecule has 0 saturated heterocycles. The van der Waals surface area contributed by atoms with Crippen molar-refractivity contribution in [2.45, 2.75) is 18.8 Å². The number of hydrogen-bond donors (Lipinski definition) is 2. The van der Waals surface area contributed by atoms with Gasteiger partial charge in [-0.3, -0.25) is 4.79 Å². The van der Waals surface area contributed by atoms with E-state index in [0.717, 1.165) is 27.6 Å². The van der Waals surface area contributed by atoms with Gasteiger partial charge in [0.25, 0.3) is 0 Å². The van der Waals surface area contributed by atoms with Crippen LogP contribution in [0.15, 0.2) is 72.9 Å². The largest absolute Gasteiger partial charge is 0.361 e. The van der Waals surface area contributed by atoms with Gasteiger partial charge in [-0.05, 0) is 53.4 Å². The molecule has 1 atom stereocenters. The van der Waals surface area contributed by atoms with Gasteiger partial charge >= 0.3 is 0 Å². The molecule has 0 bridgehead atoms. The summed E-state index contributed by atoms with van der Waals surface area (Å²) in [5.74, 6) is -0.108. The molecule has 3 nitrogen and oxygen atoms in total. The summed E-state index contributed by atoms with van der Waals surface area (Å²) in [6.45, 7) is 0.501. The lowest BCUT2D eigenvalue weighted by Gasteiger charge is -2.17. The highest BCUT2D eigenvalue weighted by Crippen LogP contribution is 2.34. The van der Waals surface area contributed by atoms with Gasteiger partial charge in [0, 0.05) is 51.1 Å². The van der Waals surface area contributed by atoms with Crippen LogP contribution in [0.1, 0.15) is 29.0 Å². The highest BCUT2D eigenvalue weighted by atomic mass is 35.5. The molecular weight excluding hydrogens is 451 g/mol. The SMILES string of the molecule is O=C(CC(c1ccc(Cl)cc1)c1c[nH]c2ccccc12)NCCc1ccc(Cl)cc1Cl. The van der Waals surface area contributed by atoms with Crippen LogP contribution in [0.25, 0.3) is 10.9 Å². The first-order chi connectivity index (χ1) is 15.0. The first-order valence-electron chi connectivity index (χ1n) is 10.0. The number of aromatic nitrogens is 1. The van der Waals surface area contributed by atoms with Gasteiger partial charge in [-0.2, -0.15) is 0 Å². The zero-order valence-corrected chi connectivity index (χ0v) is 18.9. The minimum absolute atomic E-state index is 0.0182. The normalized spacial score (nSPS) is 12.1. The lowest BCUT2D eigenvalue weighted by molar-refractivity contribution is -0.121. The Bertz CT molecular complexity index is 1200. The molecule has 4 rings (SSSR count). The average Bonchev–Trinajstić information content (AvgIpc) is 3.18. The van der Waals surface area contributed by atoms with E-state index in [-0.39, 0.29) is 11.8 Å². The molecule has 4 aromatic rings. The molecule has 6 heteroatoms. The quantitative estimate of drug-likeness (QED) is 0.299. The van der Waals surface area contributed by atoms with E-state index >= 15 is 0 Å². The van der Waals surface area contributed by atoms with E-state index in [1.54, 1.807) is 12.1 Å². The number of fused-ring (bicyclic) bond motifs is 1. The van der Waals surface area contributed by atoms with E-state index in [0.29, 0.717) is 34.5 Å². The van der Waals surface area contributed by atoms with Crippen LogP contribution in [-0.4, -0.2) is 17.4 Å². The van der Waals surface area contributed by atoms with Crippen LogP contribution in [0.5, 0.6) is 0 Å². The smallest absolute Gasteiger partial charge is 0.220 e. The Morgan fingerprint density at radius 3 is 2.45 bits per heavy atom. The molecule has 1 unspecified atom stereocenters. The van der Waals surface area contributed by atoms with Gasteiger partial charge in [0.15, 0.2) is 0 Å². The van der Waals surface area contributed by atoms with Gasteiger partial charge in [0.1, 0.15) is 0 Å². The molecule has 0 aliphatic rings. The summed E-state index contributed by atoms with van der Waals surface area (Å²) < 4.78 is 0. The van der Waals surface area contributed by atoms with Crippen LogP contribution in [0.4, 0.5) is 0 Å². The van der Waals surface area contributed by atoms with E-state index in [2.05, 4.69) is 16.4 Å². The number of halogens is 3. The summed E-state index contributed by atoms with van der Waals surface area (Å²) in [6.07, 6.45) is 2.96. The molecule has 158 valence electrons. The van der Waals surface area contributed by atoms with Crippen molar-refractivity contribution in [3.05, 3.63) is 105 Å². The zero-order valence-electron chi connectivity index (χ0n) is 16.7. The topological polar surface area (TPSA) is 44.9 Å². The third-order valence-corrected chi connectivity index (χ3v) is 6.23. The van der Waals surface area contributed by atoms with E-state index < -0.39 is 0 Å². The van der Waals surface area contributed by atoms with Crippen molar-refractivity contribution in [3.8, 4) is 0 Å². The number of benzene rings is 3. The minimum atomic E-state index is -0.0902. The van der Waals surface area contributed by atoms with Gasteiger partial charge in [-0.1, -0.05) is 71.2 Å². The number of rotatable bonds is 7. The number of aromatic amines is 1. The first kappa shape index (κ1) is 21.8. The van der Waals surface area contributed by atoms with Crippen molar-refractivity contribution in [1.82, 2.24) is 10.3 Å². The Hall–Kier alpha value is -2.46. The van der Waals surface area contributed by atoms with Crippen molar-refractivity contribution in [2.75, 3.05) is 6.54 Å². The molecule has 0 saturated carbocycles. The lowest BCUT2D eigenvalue weighted by atomic mass is 9.88. The Morgan fingerprint density at radius 2 is 1.68 bits per heavy atom. The lowest BCUT2D eigenvalue weighted by Crippen LogP contribution is -2.27. The third-order valence-electron chi connectivity index (χ3n) is 5.39. The fraction of sp³-hybridized carbons (Fsp3) is 0.160. The molecular formula is C25H21Cl3N2O. The minimum Gasteiger partial charge on any atom is -0.361 e. The monoisotopic (exact) mass is 470 g/mol. The van der Waals surface area contributed by atoms with Gasteiger partial charge in [0.2, 0.25) is 5.91 Å². The zero-order chi connectivity index (χ0) is 21.8. The Labute approximate surface area is 196 Å². The Kier molecular flexibility index (Phi) is 6.86. The van der Waals surface area contributed by atoms with Gasteiger partial charge < -0.3 is 10.3 Å². The molecule has 3 aromatic carbocycles. The standard InChI is InChI=1S/C25H21Cl3N2O/c26-18-8-5-16(6-9-18)21(22-15-30-24-4-2-1-3-20(22)24)14-25(31)29-12-11-17-7-10-19(27)13-23(17)28/h1-10,13,15,21,30H,11-12,14H2,(H,29,31). The summed E-state index contributed by atoms with van der Waals surface area (Å²) in [5.41, 5.74) is 4.14. The van der Waals surface area contributed by atoms with E-state index in [1.165, 1.54) is 0 Å². The second-order valence-electron chi connectivity index (χ2n) is 7.43. The van der Waals surface area contributed by atoms with Crippen LogP contribution in [-0.2, 0) is 11.2 Å². The fourth-order valence-corrected chi connectivity index (χ4v) is 4.43. The maximum absolute atomic E-state index is 12.9. The Balaban J connectivity index is 1.50. The maximum atomic E-state index is 12.9. The number of carbonyl (C=O) groups is 1. The van der Waals surface area contributed by atoms with Crippen LogP contribution in [0, 0.1) is 0 Å². The van der Waals surface area contributed by atoms with Crippen LogP contribution in [0.3, 0.4) is 0 Å². The number of H-pyrrole nitrogens is 1. The molecule has 0 radical (unpaired) electrons. The van der Waals surface area contributed by atoms with Crippen LogP contribution in [0.2, 0.25) is 15.1 Å². The summed E-state index contributed by atoms with van der Waals surface area (Å²) in [6, 6.07) is 21.2. The second kappa shape index (κ2) is 9.78. The maximum Gasteiger partial charge on any atom is 0.220 e. The molecule has 0 aliphatic heterocycles. The predicted molar refractivity (Wildman–Crippen MR) is 129 cm³/mol. The number of amides is 1. The molecule has 0 spiro atoms. The van der Waals surface area contributed by atoms with Crippen molar-refractivity contribution >= 4 is 51.6 Å². The van der Waals surface area contributed by atoms with Gasteiger partial charge in [0.05, 0.1) is 0 Å². The summed E-state index contributed by atoms with van der Waals surface area (Å²) in [5, 5.41) is 6.02. The average molecular weight is 472 g/mol.